The largest absolute Gasteiger partial charge is 0.380 e. The van der Waals surface area contributed by atoms with Crippen LogP contribution in [0.2, 0.25) is 0 Å². The lowest BCUT2D eigenvalue weighted by atomic mass is 9.86. The van der Waals surface area contributed by atoms with Crippen molar-refractivity contribution in [3.63, 3.8) is 0 Å². The first-order valence-corrected chi connectivity index (χ1v) is 9.25. The van der Waals surface area contributed by atoms with E-state index in [1.54, 1.807) is 25.4 Å². The number of hydrogen-bond acceptors (Lipinski definition) is 6. The molecule has 24 heavy (non-hydrogen) atoms. The molecule has 4 rings (SSSR count). The van der Waals surface area contributed by atoms with Gasteiger partial charge in [0.05, 0.1) is 12.0 Å². The van der Waals surface area contributed by atoms with Crippen LogP contribution in [0.4, 0.5) is 0 Å². The molecule has 0 radical (unpaired) electrons. The Morgan fingerprint density at radius 1 is 1.50 bits per heavy atom. The smallest absolute Gasteiger partial charge is 0.249 e. The van der Waals surface area contributed by atoms with E-state index in [4.69, 9.17) is 9.26 Å². The molecule has 1 aliphatic carbocycles. The van der Waals surface area contributed by atoms with Gasteiger partial charge in [-0.2, -0.15) is 4.98 Å². The number of likely N-dealkylation sites (tertiary alicyclic amines) is 1. The Morgan fingerprint density at radius 2 is 2.38 bits per heavy atom. The first-order chi connectivity index (χ1) is 11.7. The molecule has 0 spiro atoms. The van der Waals surface area contributed by atoms with Crippen LogP contribution in [0.1, 0.15) is 53.4 Å². The molecule has 2 aromatic rings. The third-order valence-electron chi connectivity index (χ3n) is 5.06. The lowest BCUT2D eigenvalue weighted by Gasteiger charge is -2.29. The Hall–Kier alpha value is -1.73. The number of rotatable bonds is 3. The fraction of sp³-hybridized carbons (Fsp3) is 0.588. The van der Waals surface area contributed by atoms with E-state index < -0.39 is 0 Å². The second-order valence-corrected chi connectivity index (χ2v) is 7.52. The average molecular weight is 347 g/mol. The summed E-state index contributed by atoms with van der Waals surface area (Å²) in [5, 5.41) is 5.98. The number of amides is 1. The molecule has 7 heteroatoms. The molecule has 0 saturated carbocycles. The molecule has 6 nitrogen and oxygen atoms in total. The van der Waals surface area contributed by atoms with Crippen molar-refractivity contribution >= 4 is 17.2 Å². The lowest BCUT2D eigenvalue weighted by molar-refractivity contribution is -0.135. The predicted molar refractivity (Wildman–Crippen MR) is 88.9 cm³/mol. The Bertz CT molecular complexity index is 741. The maximum Gasteiger partial charge on any atom is 0.249 e. The number of carbonyl (C=O) groups is 1. The highest BCUT2D eigenvalue weighted by Crippen LogP contribution is 2.40. The fourth-order valence-corrected chi connectivity index (χ4v) is 4.82. The van der Waals surface area contributed by atoms with E-state index in [-0.39, 0.29) is 24.0 Å². The van der Waals surface area contributed by atoms with Gasteiger partial charge in [-0.05, 0) is 43.2 Å². The van der Waals surface area contributed by atoms with E-state index in [1.807, 2.05) is 4.90 Å². The number of aromatic nitrogens is 2. The van der Waals surface area contributed by atoms with Crippen LogP contribution in [0.25, 0.3) is 0 Å². The first kappa shape index (κ1) is 15.8. The Morgan fingerprint density at radius 3 is 3.12 bits per heavy atom. The molecule has 2 aromatic heterocycles. The number of thiophene rings is 1. The van der Waals surface area contributed by atoms with E-state index in [0.717, 1.165) is 19.3 Å². The van der Waals surface area contributed by atoms with Crippen LogP contribution in [-0.4, -0.2) is 40.7 Å². The molecule has 1 saturated heterocycles. The second-order valence-electron chi connectivity index (χ2n) is 6.52. The average Bonchev–Trinajstić information content (AvgIpc) is 3.31. The van der Waals surface area contributed by atoms with Crippen molar-refractivity contribution in [3.8, 4) is 0 Å². The highest BCUT2D eigenvalue weighted by Gasteiger charge is 2.42. The van der Waals surface area contributed by atoms with Crippen LogP contribution in [0.5, 0.6) is 0 Å². The van der Waals surface area contributed by atoms with Crippen molar-refractivity contribution in [2.75, 3.05) is 13.7 Å². The number of nitrogens with zero attached hydrogens (tertiary/aromatic N) is 3. The standard InChI is InChI=1S/C17H21N3O3S/c1-10-18-16(23-19-10)14-8-11(22-2)9-20(14)17(21)13-4-3-5-15-12(13)6-7-24-15/h6-7,11,13-14H,3-5,8-9H2,1-2H3/t11-,13-,14+/m0/s1. The highest BCUT2D eigenvalue weighted by molar-refractivity contribution is 7.10. The molecular weight excluding hydrogens is 326 g/mol. The third kappa shape index (κ3) is 2.65. The van der Waals surface area contributed by atoms with E-state index in [9.17, 15) is 4.79 Å². The van der Waals surface area contributed by atoms with E-state index >= 15 is 0 Å². The SMILES string of the molecule is CO[C@H]1C[C@H](c2nc(C)no2)N(C(=O)[C@H]2CCCc3sccc32)C1. The first-order valence-electron chi connectivity index (χ1n) is 8.37. The molecule has 3 heterocycles. The fourth-order valence-electron chi connectivity index (χ4n) is 3.84. The number of fused-ring (bicyclic) bond motifs is 1. The molecule has 0 aromatic carbocycles. The van der Waals surface area contributed by atoms with E-state index in [1.165, 1.54) is 10.4 Å². The van der Waals surface area contributed by atoms with Crippen LogP contribution < -0.4 is 0 Å². The normalized spacial score (nSPS) is 26.6. The van der Waals surface area contributed by atoms with Crippen molar-refractivity contribution in [2.45, 2.75) is 50.7 Å². The van der Waals surface area contributed by atoms with Gasteiger partial charge in [-0.3, -0.25) is 4.79 Å². The third-order valence-corrected chi connectivity index (χ3v) is 6.05. The van der Waals surface area contributed by atoms with Crippen molar-refractivity contribution in [1.29, 1.82) is 0 Å². The summed E-state index contributed by atoms with van der Waals surface area (Å²) >= 11 is 1.76. The molecule has 0 unspecified atom stereocenters. The van der Waals surface area contributed by atoms with Crippen molar-refractivity contribution in [3.05, 3.63) is 33.6 Å². The summed E-state index contributed by atoms with van der Waals surface area (Å²) in [5.41, 5.74) is 1.21. The number of aryl methyl sites for hydroxylation is 2. The Labute approximate surface area is 144 Å². The Balaban J connectivity index is 1.63. The maximum atomic E-state index is 13.3. The summed E-state index contributed by atoms with van der Waals surface area (Å²) in [7, 11) is 1.69. The predicted octanol–water partition coefficient (Wildman–Crippen LogP) is 2.85. The number of carbonyl (C=O) groups excluding carboxylic acids is 1. The minimum absolute atomic E-state index is 0.0108. The molecule has 1 aliphatic heterocycles. The zero-order valence-corrected chi connectivity index (χ0v) is 14.7. The summed E-state index contributed by atoms with van der Waals surface area (Å²) in [4.78, 5) is 20.9. The van der Waals surface area contributed by atoms with Gasteiger partial charge in [0.25, 0.3) is 0 Å². The summed E-state index contributed by atoms with van der Waals surface area (Å²) in [6.07, 6.45) is 3.77. The minimum atomic E-state index is -0.187. The summed E-state index contributed by atoms with van der Waals surface area (Å²) < 4.78 is 10.9. The van der Waals surface area contributed by atoms with E-state index in [0.29, 0.717) is 24.7 Å². The van der Waals surface area contributed by atoms with Gasteiger partial charge in [0.1, 0.15) is 6.04 Å². The van der Waals surface area contributed by atoms with E-state index in [2.05, 4.69) is 21.6 Å². The number of methoxy groups -OCH3 is 1. The van der Waals surface area contributed by atoms with Crippen molar-refractivity contribution in [2.24, 2.45) is 0 Å². The molecular formula is C17H21N3O3S. The molecule has 3 atom stereocenters. The van der Waals surface area contributed by atoms with Crippen LogP contribution in [0.3, 0.4) is 0 Å². The Kier molecular flexibility index (Phi) is 4.14. The second kappa shape index (κ2) is 6.29. The van der Waals surface area contributed by atoms with Gasteiger partial charge in [-0.1, -0.05) is 5.16 Å². The molecule has 0 bridgehead atoms. The van der Waals surface area contributed by atoms with Crippen LogP contribution in [0, 0.1) is 6.92 Å². The number of hydrogen-bond donors (Lipinski definition) is 0. The quantitative estimate of drug-likeness (QED) is 0.854. The summed E-state index contributed by atoms with van der Waals surface area (Å²) in [6.45, 7) is 2.37. The molecule has 128 valence electrons. The highest BCUT2D eigenvalue weighted by atomic mass is 32.1. The van der Waals surface area contributed by atoms with Gasteiger partial charge < -0.3 is 14.2 Å². The van der Waals surface area contributed by atoms with Gasteiger partial charge in [-0.25, -0.2) is 0 Å². The topological polar surface area (TPSA) is 68.5 Å². The summed E-state index contributed by atoms with van der Waals surface area (Å²) in [5.74, 6) is 1.22. The zero-order chi connectivity index (χ0) is 16.7. The van der Waals surface area contributed by atoms with Gasteiger partial charge in [0.15, 0.2) is 5.82 Å². The van der Waals surface area contributed by atoms with Crippen molar-refractivity contribution < 1.29 is 14.1 Å². The number of ether oxygens (including phenoxy) is 1. The van der Waals surface area contributed by atoms with Crippen LogP contribution >= 0.6 is 11.3 Å². The van der Waals surface area contributed by atoms with Gasteiger partial charge >= 0.3 is 0 Å². The lowest BCUT2D eigenvalue weighted by Crippen LogP contribution is -2.37. The van der Waals surface area contributed by atoms with Crippen LogP contribution in [0.15, 0.2) is 16.0 Å². The van der Waals surface area contributed by atoms with Gasteiger partial charge in [0.2, 0.25) is 11.8 Å². The minimum Gasteiger partial charge on any atom is -0.380 e. The summed E-state index contributed by atoms with van der Waals surface area (Å²) in [6, 6.07) is 1.92. The van der Waals surface area contributed by atoms with Gasteiger partial charge in [0, 0.05) is 25.0 Å². The van der Waals surface area contributed by atoms with Crippen LogP contribution in [-0.2, 0) is 16.0 Å². The molecule has 2 aliphatic rings. The molecule has 0 N–H and O–H groups in total. The van der Waals surface area contributed by atoms with Gasteiger partial charge in [-0.15, -0.1) is 11.3 Å². The molecule has 1 amide bonds. The maximum absolute atomic E-state index is 13.3. The van der Waals surface area contributed by atoms with Crippen molar-refractivity contribution in [1.82, 2.24) is 15.0 Å². The monoisotopic (exact) mass is 347 g/mol. The zero-order valence-electron chi connectivity index (χ0n) is 13.9. The molecule has 1 fully saturated rings.